The molecule has 0 fully saturated rings. The molecule has 2 aromatic carbocycles. The van der Waals surface area contributed by atoms with Crippen molar-refractivity contribution in [2.75, 3.05) is 0 Å². The molecule has 5 nitrogen and oxygen atoms in total. The second kappa shape index (κ2) is 8.19. The molecule has 1 amide bonds. The minimum atomic E-state index is -1.05. The van der Waals surface area contributed by atoms with E-state index < -0.39 is 35.6 Å². The summed E-state index contributed by atoms with van der Waals surface area (Å²) in [6, 6.07) is 12.5. The molecule has 0 aliphatic carbocycles. The fourth-order valence-corrected chi connectivity index (χ4v) is 2.11. The van der Waals surface area contributed by atoms with Gasteiger partial charge in [-0.1, -0.05) is 18.2 Å². The molecule has 130 valence electrons. The van der Waals surface area contributed by atoms with Gasteiger partial charge in [-0.2, -0.15) is 0 Å². The highest BCUT2D eigenvalue weighted by molar-refractivity contribution is 6.01. The number of ketones is 1. The van der Waals surface area contributed by atoms with Gasteiger partial charge in [-0.3, -0.25) is 9.59 Å². The molecule has 0 spiro atoms. The maximum absolute atomic E-state index is 12.9. The van der Waals surface area contributed by atoms with Gasteiger partial charge in [-0.25, -0.2) is 9.18 Å². The predicted octanol–water partition coefficient (Wildman–Crippen LogP) is 2.76. The third-order valence-corrected chi connectivity index (χ3v) is 3.53. The Hall–Kier alpha value is -3.02. The molecule has 25 heavy (non-hydrogen) atoms. The van der Waals surface area contributed by atoms with Gasteiger partial charge in [0, 0.05) is 11.1 Å². The third-order valence-electron chi connectivity index (χ3n) is 3.53. The number of amides is 1. The second-order valence-electron chi connectivity index (χ2n) is 5.51. The van der Waals surface area contributed by atoms with Crippen molar-refractivity contribution in [2.24, 2.45) is 0 Å². The molecule has 2 atom stereocenters. The van der Waals surface area contributed by atoms with Gasteiger partial charge in [0.2, 0.25) is 5.78 Å². The molecule has 0 aromatic heterocycles. The maximum atomic E-state index is 12.9. The fraction of sp³-hybridized carbons (Fsp3) is 0.211. The van der Waals surface area contributed by atoms with E-state index in [2.05, 4.69) is 5.32 Å². The van der Waals surface area contributed by atoms with Gasteiger partial charge in [0.05, 0.1) is 0 Å². The van der Waals surface area contributed by atoms with E-state index in [9.17, 15) is 18.8 Å². The van der Waals surface area contributed by atoms with Crippen molar-refractivity contribution in [3.8, 4) is 0 Å². The lowest BCUT2D eigenvalue weighted by Gasteiger charge is -2.17. The van der Waals surface area contributed by atoms with Crippen LogP contribution >= 0.6 is 0 Å². The van der Waals surface area contributed by atoms with Crippen LogP contribution < -0.4 is 5.32 Å². The summed E-state index contributed by atoms with van der Waals surface area (Å²) in [5, 5.41) is 2.51. The van der Waals surface area contributed by atoms with E-state index in [1.165, 1.54) is 26.0 Å². The minimum absolute atomic E-state index is 0.239. The standard InChI is InChI=1S/C19H18FNO4/c1-12(21-18(23)15-6-4-3-5-7-15)19(24)25-13(2)17(22)14-8-10-16(20)11-9-14/h3-13H,1-2H3,(H,21,23)/t12-,13-/m0/s1. The summed E-state index contributed by atoms with van der Waals surface area (Å²) >= 11 is 0. The molecule has 6 heteroatoms. The Kier molecular flexibility index (Phi) is 6.00. The van der Waals surface area contributed by atoms with E-state index in [1.807, 2.05) is 0 Å². The van der Waals surface area contributed by atoms with Crippen molar-refractivity contribution in [3.63, 3.8) is 0 Å². The van der Waals surface area contributed by atoms with Crippen LogP contribution in [0, 0.1) is 5.82 Å². The third kappa shape index (κ3) is 4.97. The lowest BCUT2D eigenvalue weighted by Crippen LogP contribution is -2.41. The first kappa shape index (κ1) is 18.3. The Labute approximate surface area is 144 Å². The number of carbonyl (C=O) groups is 3. The minimum Gasteiger partial charge on any atom is -0.453 e. The molecular formula is C19H18FNO4. The van der Waals surface area contributed by atoms with Crippen LogP contribution in [-0.2, 0) is 9.53 Å². The summed E-state index contributed by atoms with van der Waals surface area (Å²) in [4.78, 5) is 36.2. The zero-order valence-corrected chi connectivity index (χ0v) is 13.9. The van der Waals surface area contributed by atoms with Gasteiger partial charge in [-0.15, -0.1) is 0 Å². The van der Waals surface area contributed by atoms with Gasteiger partial charge >= 0.3 is 5.97 Å². The van der Waals surface area contributed by atoms with Crippen molar-refractivity contribution in [2.45, 2.75) is 26.0 Å². The number of carbonyl (C=O) groups excluding carboxylic acids is 3. The van der Waals surface area contributed by atoms with Gasteiger partial charge in [0.25, 0.3) is 5.91 Å². The SMILES string of the molecule is C[C@H](NC(=O)c1ccccc1)C(=O)O[C@@H](C)C(=O)c1ccc(F)cc1. The Morgan fingerprint density at radius 2 is 1.52 bits per heavy atom. The summed E-state index contributed by atoms with van der Waals surface area (Å²) in [6.45, 7) is 2.90. The fourth-order valence-electron chi connectivity index (χ4n) is 2.11. The first-order chi connectivity index (χ1) is 11.9. The Morgan fingerprint density at radius 3 is 2.12 bits per heavy atom. The normalized spacial score (nSPS) is 12.8. The molecule has 1 N–H and O–H groups in total. The van der Waals surface area contributed by atoms with Crippen molar-refractivity contribution in [3.05, 3.63) is 71.5 Å². The Bertz CT molecular complexity index is 759. The van der Waals surface area contributed by atoms with Gasteiger partial charge < -0.3 is 10.1 Å². The zero-order valence-electron chi connectivity index (χ0n) is 13.9. The maximum Gasteiger partial charge on any atom is 0.329 e. The van der Waals surface area contributed by atoms with Crippen molar-refractivity contribution in [1.82, 2.24) is 5.32 Å². The molecule has 0 unspecified atom stereocenters. The van der Waals surface area contributed by atoms with Crippen LogP contribution in [0.2, 0.25) is 0 Å². The lowest BCUT2D eigenvalue weighted by atomic mass is 10.1. The van der Waals surface area contributed by atoms with Gasteiger partial charge in [-0.05, 0) is 50.2 Å². The summed E-state index contributed by atoms with van der Waals surface area (Å²) in [5.41, 5.74) is 0.653. The number of ether oxygens (including phenoxy) is 1. The van der Waals surface area contributed by atoms with Crippen LogP contribution in [0.5, 0.6) is 0 Å². The molecule has 2 aromatic rings. The van der Waals surface area contributed by atoms with E-state index in [4.69, 9.17) is 4.74 Å². The highest BCUT2D eigenvalue weighted by atomic mass is 19.1. The van der Waals surface area contributed by atoms with Gasteiger partial charge in [0.1, 0.15) is 11.9 Å². The number of halogens is 1. The van der Waals surface area contributed by atoms with Crippen LogP contribution in [0.15, 0.2) is 54.6 Å². The largest absolute Gasteiger partial charge is 0.453 e. The molecule has 0 saturated carbocycles. The van der Waals surface area contributed by atoms with E-state index in [1.54, 1.807) is 30.3 Å². The lowest BCUT2D eigenvalue weighted by molar-refractivity contribution is -0.148. The molecule has 2 rings (SSSR count). The number of nitrogens with one attached hydrogen (secondary N) is 1. The highest BCUT2D eigenvalue weighted by Gasteiger charge is 2.24. The Balaban J connectivity index is 1.92. The van der Waals surface area contributed by atoms with Crippen molar-refractivity contribution >= 4 is 17.7 Å². The molecule has 0 heterocycles. The second-order valence-corrected chi connectivity index (χ2v) is 5.51. The number of rotatable bonds is 6. The van der Waals surface area contributed by atoms with E-state index in [0.717, 1.165) is 12.1 Å². The number of hydrogen-bond acceptors (Lipinski definition) is 4. The Morgan fingerprint density at radius 1 is 0.920 bits per heavy atom. The smallest absolute Gasteiger partial charge is 0.329 e. The first-order valence-corrected chi connectivity index (χ1v) is 7.74. The number of benzene rings is 2. The highest BCUT2D eigenvalue weighted by Crippen LogP contribution is 2.09. The predicted molar refractivity (Wildman–Crippen MR) is 89.7 cm³/mol. The molecule has 0 bridgehead atoms. The summed E-state index contributed by atoms with van der Waals surface area (Å²) in [7, 11) is 0. The number of esters is 1. The van der Waals surface area contributed by atoms with Crippen LogP contribution in [0.1, 0.15) is 34.6 Å². The molecule has 0 radical (unpaired) electrons. The van der Waals surface area contributed by atoms with E-state index in [0.29, 0.717) is 5.56 Å². The zero-order chi connectivity index (χ0) is 18.4. The van der Waals surface area contributed by atoms with Gasteiger partial charge in [0.15, 0.2) is 6.10 Å². The van der Waals surface area contributed by atoms with Crippen LogP contribution in [-0.4, -0.2) is 29.8 Å². The topological polar surface area (TPSA) is 72.5 Å². The molecule has 0 aliphatic rings. The summed E-state index contributed by atoms with van der Waals surface area (Å²) in [6.07, 6.45) is -1.05. The van der Waals surface area contributed by atoms with Crippen LogP contribution in [0.3, 0.4) is 0 Å². The first-order valence-electron chi connectivity index (χ1n) is 7.74. The molecule has 0 aliphatic heterocycles. The molecular weight excluding hydrogens is 325 g/mol. The average molecular weight is 343 g/mol. The summed E-state index contributed by atoms with van der Waals surface area (Å²) < 4.78 is 18.0. The number of hydrogen-bond donors (Lipinski definition) is 1. The van der Waals surface area contributed by atoms with Crippen molar-refractivity contribution in [1.29, 1.82) is 0 Å². The van der Waals surface area contributed by atoms with E-state index >= 15 is 0 Å². The monoisotopic (exact) mass is 343 g/mol. The quantitative estimate of drug-likeness (QED) is 0.647. The van der Waals surface area contributed by atoms with Crippen LogP contribution in [0.4, 0.5) is 4.39 Å². The average Bonchev–Trinajstić information content (AvgIpc) is 2.62. The van der Waals surface area contributed by atoms with Crippen LogP contribution in [0.25, 0.3) is 0 Å². The number of Topliss-reactive ketones (excluding diaryl/α,β-unsaturated/α-hetero) is 1. The van der Waals surface area contributed by atoms with Crippen molar-refractivity contribution < 1.29 is 23.5 Å². The molecule has 0 saturated heterocycles. The summed E-state index contributed by atoms with van der Waals surface area (Å²) in [5.74, 6) is -2.05. The van der Waals surface area contributed by atoms with E-state index in [-0.39, 0.29) is 5.56 Å².